The first-order valence-corrected chi connectivity index (χ1v) is 12.4. The Bertz CT molecular complexity index is 1460. The zero-order valence-electron chi connectivity index (χ0n) is 19.9. The first-order valence-electron chi connectivity index (χ1n) is 11.5. The second kappa shape index (κ2) is 10.4. The Morgan fingerprint density at radius 1 is 0.750 bits per heavy atom. The van der Waals surface area contributed by atoms with Crippen LogP contribution < -0.4 is 16.0 Å². The van der Waals surface area contributed by atoms with E-state index in [1.165, 1.54) is 10.4 Å². The average Bonchev–Trinajstić information content (AvgIpc) is 3.42. The minimum atomic E-state index is -0.147. The molecule has 0 atom stereocenters. The number of carbonyl (C=O) groups is 1. The number of thiophene rings is 1. The molecule has 0 aliphatic carbocycles. The molecule has 0 aliphatic rings. The van der Waals surface area contributed by atoms with Crippen molar-refractivity contribution in [2.45, 2.75) is 13.8 Å². The van der Waals surface area contributed by atoms with Gasteiger partial charge in [0, 0.05) is 39.3 Å². The molecular formula is C29H25N5OS. The van der Waals surface area contributed by atoms with Crippen LogP contribution in [0.1, 0.15) is 21.6 Å². The molecule has 3 aromatic carbocycles. The quantitative estimate of drug-likeness (QED) is 0.219. The lowest BCUT2D eigenvalue weighted by Crippen LogP contribution is -2.11. The number of rotatable bonds is 7. The van der Waals surface area contributed by atoms with Gasteiger partial charge in [-0.3, -0.25) is 4.79 Å². The lowest BCUT2D eigenvalue weighted by Gasteiger charge is -2.11. The van der Waals surface area contributed by atoms with Gasteiger partial charge in [-0.25, -0.2) is 4.98 Å². The van der Waals surface area contributed by atoms with Gasteiger partial charge in [0.05, 0.1) is 0 Å². The molecule has 1 amide bonds. The van der Waals surface area contributed by atoms with Gasteiger partial charge in [-0.1, -0.05) is 35.9 Å². The van der Waals surface area contributed by atoms with E-state index in [0.29, 0.717) is 23.0 Å². The maximum atomic E-state index is 12.7. The summed E-state index contributed by atoms with van der Waals surface area (Å²) in [5, 5.41) is 11.6. The predicted octanol–water partition coefficient (Wildman–Crippen LogP) is 7.56. The fraction of sp³-hybridized carbons (Fsp3) is 0.0690. The van der Waals surface area contributed by atoms with E-state index in [4.69, 9.17) is 0 Å². The van der Waals surface area contributed by atoms with Crippen molar-refractivity contribution in [3.05, 3.63) is 113 Å². The summed E-state index contributed by atoms with van der Waals surface area (Å²) in [4.78, 5) is 22.9. The molecule has 7 heteroatoms. The number of anilines is 5. The number of benzene rings is 3. The molecule has 5 aromatic rings. The van der Waals surface area contributed by atoms with Gasteiger partial charge in [-0.2, -0.15) is 4.98 Å². The Morgan fingerprint density at radius 3 is 2.11 bits per heavy atom. The topological polar surface area (TPSA) is 78.9 Å². The zero-order valence-corrected chi connectivity index (χ0v) is 20.8. The van der Waals surface area contributed by atoms with E-state index in [1.807, 2.05) is 97.2 Å². The van der Waals surface area contributed by atoms with Gasteiger partial charge in [-0.05, 0) is 79.4 Å². The summed E-state index contributed by atoms with van der Waals surface area (Å²) in [5.41, 5.74) is 6.26. The number of nitrogens with zero attached hydrogens (tertiary/aromatic N) is 2. The Kier molecular flexibility index (Phi) is 6.73. The van der Waals surface area contributed by atoms with E-state index in [2.05, 4.69) is 38.9 Å². The van der Waals surface area contributed by atoms with Gasteiger partial charge in [-0.15, -0.1) is 11.3 Å². The van der Waals surface area contributed by atoms with Gasteiger partial charge in [0.2, 0.25) is 5.95 Å². The third-order valence-corrected chi connectivity index (χ3v) is 6.45. The van der Waals surface area contributed by atoms with E-state index in [0.717, 1.165) is 22.6 Å². The van der Waals surface area contributed by atoms with E-state index in [1.54, 1.807) is 11.3 Å². The van der Waals surface area contributed by atoms with Crippen LogP contribution in [-0.4, -0.2) is 15.9 Å². The second-order valence-electron chi connectivity index (χ2n) is 8.42. The van der Waals surface area contributed by atoms with Crippen molar-refractivity contribution in [3.63, 3.8) is 0 Å². The molecule has 0 fully saturated rings. The smallest absolute Gasteiger partial charge is 0.255 e. The molecule has 0 saturated carbocycles. The molecule has 36 heavy (non-hydrogen) atoms. The molecule has 178 valence electrons. The second-order valence-corrected chi connectivity index (χ2v) is 9.37. The number of carbonyl (C=O) groups excluding carboxylic acids is 1. The van der Waals surface area contributed by atoms with Crippen LogP contribution in [-0.2, 0) is 0 Å². The van der Waals surface area contributed by atoms with Crippen molar-refractivity contribution >= 4 is 46.1 Å². The van der Waals surface area contributed by atoms with Crippen LogP contribution in [0, 0.1) is 13.8 Å². The van der Waals surface area contributed by atoms with Crippen LogP contribution in [0.5, 0.6) is 0 Å². The minimum absolute atomic E-state index is 0.147. The molecule has 0 radical (unpaired) electrons. The molecule has 0 bridgehead atoms. The van der Waals surface area contributed by atoms with E-state index in [9.17, 15) is 4.79 Å². The summed E-state index contributed by atoms with van der Waals surface area (Å²) in [6.45, 7) is 3.98. The maximum Gasteiger partial charge on any atom is 0.255 e. The Hall–Kier alpha value is -4.49. The average molecular weight is 492 g/mol. The molecule has 0 saturated heterocycles. The van der Waals surface area contributed by atoms with Crippen LogP contribution in [0.2, 0.25) is 0 Å². The Balaban J connectivity index is 1.22. The third-order valence-electron chi connectivity index (χ3n) is 5.53. The highest BCUT2D eigenvalue weighted by atomic mass is 32.1. The van der Waals surface area contributed by atoms with Crippen molar-refractivity contribution < 1.29 is 4.79 Å². The molecule has 5 rings (SSSR count). The first-order chi connectivity index (χ1) is 17.5. The number of aryl methyl sites for hydroxylation is 2. The molecule has 0 spiro atoms. The summed E-state index contributed by atoms with van der Waals surface area (Å²) in [6.07, 6.45) is 0. The summed E-state index contributed by atoms with van der Waals surface area (Å²) in [7, 11) is 0. The SMILES string of the molecule is Cc1ccc(Nc2nc(C)cc(Nc3ccc(NC(=O)c4ccc(-c5cccs5)cc4)cc3)n2)cc1. The van der Waals surface area contributed by atoms with Gasteiger partial charge >= 0.3 is 0 Å². The molecule has 3 N–H and O–H groups in total. The number of hydrogen-bond donors (Lipinski definition) is 3. The van der Waals surface area contributed by atoms with Crippen LogP contribution in [0.15, 0.2) is 96.4 Å². The summed E-state index contributed by atoms with van der Waals surface area (Å²) < 4.78 is 0. The highest BCUT2D eigenvalue weighted by Gasteiger charge is 2.08. The normalized spacial score (nSPS) is 10.6. The van der Waals surface area contributed by atoms with Crippen molar-refractivity contribution in [3.8, 4) is 10.4 Å². The monoisotopic (exact) mass is 491 g/mol. The van der Waals surface area contributed by atoms with Crippen LogP contribution in [0.4, 0.5) is 28.8 Å². The fourth-order valence-electron chi connectivity index (χ4n) is 3.67. The molecule has 2 aromatic heterocycles. The van der Waals surface area contributed by atoms with Crippen molar-refractivity contribution in [1.82, 2.24) is 9.97 Å². The number of hydrogen-bond acceptors (Lipinski definition) is 6. The summed E-state index contributed by atoms with van der Waals surface area (Å²) >= 11 is 1.68. The number of amides is 1. The number of nitrogens with one attached hydrogen (secondary N) is 3. The standard InChI is InChI=1S/C29H25N5OS/c1-19-5-11-25(12-6-19)33-29-30-20(2)18-27(34-29)31-23-13-15-24(16-14-23)32-28(35)22-9-7-21(8-10-22)26-4-3-17-36-26/h3-18H,1-2H3,(H,32,35)(H2,30,31,33,34). The van der Waals surface area contributed by atoms with Gasteiger partial charge in [0.15, 0.2) is 0 Å². The van der Waals surface area contributed by atoms with Gasteiger partial charge in [0.1, 0.15) is 5.82 Å². The third kappa shape index (κ3) is 5.76. The zero-order chi connectivity index (χ0) is 24.9. The van der Waals surface area contributed by atoms with Gasteiger partial charge in [0.25, 0.3) is 5.91 Å². The molecule has 0 aliphatic heterocycles. The Morgan fingerprint density at radius 2 is 1.42 bits per heavy atom. The summed E-state index contributed by atoms with van der Waals surface area (Å²) in [6, 6.07) is 29.2. The Labute approximate surface area is 214 Å². The van der Waals surface area contributed by atoms with Crippen LogP contribution in [0.25, 0.3) is 10.4 Å². The lowest BCUT2D eigenvalue weighted by atomic mass is 10.1. The van der Waals surface area contributed by atoms with Gasteiger partial charge < -0.3 is 16.0 Å². The largest absolute Gasteiger partial charge is 0.340 e. The molecule has 0 unspecified atom stereocenters. The molecule has 2 heterocycles. The minimum Gasteiger partial charge on any atom is -0.340 e. The van der Waals surface area contributed by atoms with Crippen LogP contribution >= 0.6 is 11.3 Å². The maximum absolute atomic E-state index is 12.7. The van der Waals surface area contributed by atoms with E-state index >= 15 is 0 Å². The van der Waals surface area contributed by atoms with E-state index < -0.39 is 0 Å². The van der Waals surface area contributed by atoms with Crippen molar-refractivity contribution in [2.24, 2.45) is 0 Å². The highest BCUT2D eigenvalue weighted by Crippen LogP contribution is 2.25. The predicted molar refractivity (Wildman–Crippen MR) is 149 cm³/mol. The molecular weight excluding hydrogens is 466 g/mol. The highest BCUT2D eigenvalue weighted by molar-refractivity contribution is 7.13. The lowest BCUT2D eigenvalue weighted by molar-refractivity contribution is 0.102. The molecule has 6 nitrogen and oxygen atoms in total. The van der Waals surface area contributed by atoms with Crippen molar-refractivity contribution in [1.29, 1.82) is 0 Å². The van der Waals surface area contributed by atoms with Crippen molar-refractivity contribution in [2.75, 3.05) is 16.0 Å². The van der Waals surface area contributed by atoms with Crippen LogP contribution in [0.3, 0.4) is 0 Å². The number of aromatic nitrogens is 2. The summed E-state index contributed by atoms with van der Waals surface area (Å²) in [5.74, 6) is 1.06. The first kappa shape index (κ1) is 23.3. The van der Waals surface area contributed by atoms with E-state index in [-0.39, 0.29) is 5.91 Å². The fourth-order valence-corrected chi connectivity index (χ4v) is 4.40.